The summed E-state index contributed by atoms with van der Waals surface area (Å²) in [6.45, 7) is 0.467. The van der Waals surface area contributed by atoms with Crippen molar-refractivity contribution in [1.82, 2.24) is 0 Å². The highest BCUT2D eigenvalue weighted by Gasteiger charge is 2.25. The van der Waals surface area contributed by atoms with E-state index < -0.39 is 0 Å². The summed E-state index contributed by atoms with van der Waals surface area (Å²) >= 11 is 3.39. The topological polar surface area (TPSA) is 46.6 Å². The minimum atomic E-state index is -0.117. The van der Waals surface area contributed by atoms with Crippen molar-refractivity contribution in [2.75, 3.05) is 11.5 Å². The molecule has 1 aliphatic rings. The Morgan fingerprint density at radius 1 is 1.19 bits per heavy atom. The summed E-state index contributed by atoms with van der Waals surface area (Å²) in [6, 6.07) is 12.9. The maximum atomic E-state index is 12.1. The molecule has 1 amide bonds. The van der Waals surface area contributed by atoms with Gasteiger partial charge in [-0.25, -0.2) is 0 Å². The number of aldehydes is 1. The highest BCUT2D eigenvalue weighted by Crippen LogP contribution is 2.33. The average Bonchev–Trinajstić information content (AvgIpc) is 2.51. The van der Waals surface area contributed by atoms with Crippen molar-refractivity contribution in [2.24, 2.45) is 0 Å². The van der Waals surface area contributed by atoms with E-state index in [2.05, 4.69) is 15.9 Å². The first-order chi connectivity index (χ1) is 10.2. The van der Waals surface area contributed by atoms with Crippen LogP contribution in [0.4, 0.5) is 5.69 Å². The van der Waals surface area contributed by atoms with Gasteiger partial charge in [0, 0.05) is 10.0 Å². The van der Waals surface area contributed by atoms with Crippen molar-refractivity contribution in [2.45, 2.75) is 6.54 Å². The van der Waals surface area contributed by atoms with E-state index in [0.29, 0.717) is 23.5 Å². The molecule has 4 nitrogen and oxygen atoms in total. The standard InChI is InChI=1S/C16H12BrNO3/c17-13-4-1-11(2-5-13)8-18-14-7-12(9-19)3-6-15(14)21-10-16(18)20/h1-7,9H,8,10H2. The van der Waals surface area contributed by atoms with Crippen LogP contribution in [-0.2, 0) is 11.3 Å². The molecule has 0 N–H and O–H groups in total. The molecule has 5 heteroatoms. The lowest BCUT2D eigenvalue weighted by Gasteiger charge is -2.29. The number of benzene rings is 2. The number of anilines is 1. The second-order valence-corrected chi connectivity index (χ2v) is 5.66. The van der Waals surface area contributed by atoms with Crippen LogP contribution in [0.3, 0.4) is 0 Å². The number of amides is 1. The molecule has 0 atom stereocenters. The maximum absolute atomic E-state index is 12.1. The second kappa shape index (κ2) is 5.69. The number of hydrogen-bond donors (Lipinski definition) is 0. The molecule has 2 aromatic carbocycles. The van der Waals surface area contributed by atoms with Gasteiger partial charge in [0.05, 0.1) is 12.2 Å². The Labute approximate surface area is 130 Å². The number of carbonyl (C=O) groups excluding carboxylic acids is 2. The number of fused-ring (bicyclic) bond motifs is 1. The van der Waals surface area contributed by atoms with E-state index in [1.54, 1.807) is 23.1 Å². The van der Waals surface area contributed by atoms with Gasteiger partial charge in [-0.3, -0.25) is 9.59 Å². The fraction of sp³-hybridized carbons (Fsp3) is 0.125. The molecule has 0 bridgehead atoms. The first kappa shape index (κ1) is 13.8. The van der Waals surface area contributed by atoms with E-state index in [1.807, 2.05) is 24.3 Å². The Morgan fingerprint density at radius 2 is 1.95 bits per heavy atom. The van der Waals surface area contributed by atoms with Gasteiger partial charge < -0.3 is 9.64 Å². The van der Waals surface area contributed by atoms with Gasteiger partial charge in [0.1, 0.15) is 12.0 Å². The van der Waals surface area contributed by atoms with Crippen molar-refractivity contribution < 1.29 is 14.3 Å². The monoisotopic (exact) mass is 345 g/mol. The summed E-state index contributed by atoms with van der Waals surface area (Å²) in [7, 11) is 0. The molecule has 0 unspecified atom stereocenters. The zero-order valence-corrected chi connectivity index (χ0v) is 12.7. The predicted molar refractivity (Wildman–Crippen MR) is 82.7 cm³/mol. The van der Waals surface area contributed by atoms with Gasteiger partial charge in [-0.05, 0) is 35.9 Å². The SMILES string of the molecule is O=Cc1ccc2c(c1)N(Cc1ccc(Br)cc1)C(=O)CO2. The Kier molecular flexibility index (Phi) is 3.75. The molecule has 0 spiro atoms. The zero-order chi connectivity index (χ0) is 14.8. The van der Waals surface area contributed by atoms with Gasteiger partial charge in [-0.1, -0.05) is 28.1 Å². The number of nitrogens with zero attached hydrogens (tertiary/aromatic N) is 1. The lowest BCUT2D eigenvalue weighted by Crippen LogP contribution is -2.38. The summed E-state index contributed by atoms with van der Waals surface area (Å²) in [5.41, 5.74) is 2.17. The lowest BCUT2D eigenvalue weighted by molar-refractivity contribution is -0.121. The quantitative estimate of drug-likeness (QED) is 0.802. The van der Waals surface area contributed by atoms with Gasteiger partial charge in [0.2, 0.25) is 0 Å². The third-order valence-corrected chi connectivity index (χ3v) is 3.84. The molecule has 3 rings (SSSR count). The summed E-state index contributed by atoms with van der Waals surface area (Å²) in [5, 5.41) is 0. The first-order valence-corrected chi connectivity index (χ1v) is 7.23. The summed E-state index contributed by atoms with van der Waals surface area (Å²) in [6.07, 6.45) is 0.761. The van der Waals surface area contributed by atoms with Gasteiger partial charge in [0.15, 0.2) is 6.61 Å². The zero-order valence-electron chi connectivity index (χ0n) is 11.1. The molecule has 106 valence electrons. The van der Waals surface area contributed by atoms with Crippen molar-refractivity contribution in [3.8, 4) is 5.75 Å². The van der Waals surface area contributed by atoms with Crippen molar-refractivity contribution >= 4 is 33.8 Å². The lowest BCUT2D eigenvalue weighted by atomic mass is 10.1. The van der Waals surface area contributed by atoms with Gasteiger partial charge in [-0.2, -0.15) is 0 Å². The molecular formula is C16H12BrNO3. The van der Waals surface area contributed by atoms with E-state index in [4.69, 9.17) is 4.74 Å². The van der Waals surface area contributed by atoms with E-state index in [9.17, 15) is 9.59 Å². The van der Waals surface area contributed by atoms with Gasteiger partial charge >= 0.3 is 0 Å². The van der Waals surface area contributed by atoms with Crippen molar-refractivity contribution in [1.29, 1.82) is 0 Å². The number of halogens is 1. The molecule has 0 saturated carbocycles. The van der Waals surface area contributed by atoms with E-state index in [-0.39, 0.29) is 12.5 Å². The van der Waals surface area contributed by atoms with E-state index >= 15 is 0 Å². The van der Waals surface area contributed by atoms with Crippen LogP contribution in [0, 0.1) is 0 Å². The largest absolute Gasteiger partial charge is 0.482 e. The van der Waals surface area contributed by atoms with Gasteiger partial charge in [0.25, 0.3) is 5.91 Å². The summed E-state index contributed by atoms with van der Waals surface area (Å²) < 4.78 is 6.40. The van der Waals surface area contributed by atoms with Crippen LogP contribution >= 0.6 is 15.9 Å². The fourth-order valence-corrected chi connectivity index (χ4v) is 2.50. The van der Waals surface area contributed by atoms with Crippen LogP contribution in [0.15, 0.2) is 46.9 Å². The minimum absolute atomic E-state index is 0.0178. The summed E-state index contributed by atoms with van der Waals surface area (Å²) in [4.78, 5) is 24.7. The fourth-order valence-electron chi connectivity index (χ4n) is 2.24. The molecule has 0 aliphatic carbocycles. The molecule has 1 aliphatic heterocycles. The third-order valence-electron chi connectivity index (χ3n) is 3.32. The van der Waals surface area contributed by atoms with Crippen LogP contribution in [0.5, 0.6) is 5.75 Å². The molecule has 0 fully saturated rings. The minimum Gasteiger partial charge on any atom is -0.482 e. The number of rotatable bonds is 3. The summed E-state index contributed by atoms with van der Waals surface area (Å²) in [5.74, 6) is 0.505. The van der Waals surface area contributed by atoms with Crippen LogP contribution in [-0.4, -0.2) is 18.8 Å². The Balaban J connectivity index is 1.96. The van der Waals surface area contributed by atoms with Crippen molar-refractivity contribution in [3.63, 3.8) is 0 Å². The molecular weight excluding hydrogens is 334 g/mol. The number of carbonyl (C=O) groups is 2. The number of hydrogen-bond acceptors (Lipinski definition) is 3. The Bertz CT molecular complexity index is 697. The second-order valence-electron chi connectivity index (χ2n) is 4.74. The highest BCUT2D eigenvalue weighted by molar-refractivity contribution is 9.10. The molecule has 0 aromatic heterocycles. The molecule has 21 heavy (non-hydrogen) atoms. The number of ether oxygens (including phenoxy) is 1. The average molecular weight is 346 g/mol. The molecule has 1 heterocycles. The van der Waals surface area contributed by atoms with Crippen LogP contribution in [0.1, 0.15) is 15.9 Å². The Hall–Kier alpha value is -2.14. The van der Waals surface area contributed by atoms with Crippen LogP contribution < -0.4 is 9.64 Å². The molecule has 0 radical (unpaired) electrons. The normalized spacial score (nSPS) is 13.6. The Morgan fingerprint density at radius 3 is 2.67 bits per heavy atom. The van der Waals surface area contributed by atoms with E-state index in [1.165, 1.54) is 0 Å². The van der Waals surface area contributed by atoms with Gasteiger partial charge in [-0.15, -0.1) is 0 Å². The third kappa shape index (κ3) is 2.83. The van der Waals surface area contributed by atoms with Crippen molar-refractivity contribution in [3.05, 3.63) is 58.1 Å². The van der Waals surface area contributed by atoms with E-state index in [0.717, 1.165) is 16.3 Å². The smallest absolute Gasteiger partial charge is 0.265 e. The van der Waals surface area contributed by atoms with Crippen LogP contribution in [0.2, 0.25) is 0 Å². The maximum Gasteiger partial charge on any atom is 0.265 e. The molecule has 2 aromatic rings. The molecule has 0 saturated heterocycles. The predicted octanol–water partition coefficient (Wildman–Crippen LogP) is 3.19. The first-order valence-electron chi connectivity index (χ1n) is 6.44. The van der Waals surface area contributed by atoms with Crippen LogP contribution in [0.25, 0.3) is 0 Å². The highest BCUT2D eigenvalue weighted by atomic mass is 79.9.